The highest BCUT2D eigenvalue weighted by atomic mass is 15.2. The molecule has 4 heteroatoms. The molecule has 0 spiro atoms. The van der Waals surface area contributed by atoms with Crippen molar-refractivity contribution < 1.29 is 0 Å². The van der Waals surface area contributed by atoms with Crippen molar-refractivity contribution in [1.82, 2.24) is 14.7 Å². The molecule has 0 aliphatic rings. The highest BCUT2D eigenvalue weighted by molar-refractivity contribution is 5.03. The Morgan fingerprint density at radius 2 is 2.25 bits per heavy atom. The fourth-order valence-corrected chi connectivity index (χ4v) is 1.88. The number of nitrogens with zero attached hydrogens (tertiary/aromatic N) is 3. The summed E-state index contributed by atoms with van der Waals surface area (Å²) in [7, 11) is 1.95. The van der Waals surface area contributed by atoms with E-state index in [1.807, 2.05) is 17.9 Å². The van der Waals surface area contributed by atoms with Crippen molar-refractivity contribution >= 4 is 0 Å². The maximum absolute atomic E-state index is 5.56. The second-order valence-corrected chi connectivity index (χ2v) is 4.79. The molecular weight excluding hydrogens is 200 g/mol. The van der Waals surface area contributed by atoms with Crippen LogP contribution in [0.25, 0.3) is 0 Å². The van der Waals surface area contributed by atoms with Gasteiger partial charge < -0.3 is 5.73 Å². The van der Waals surface area contributed by atoms with Crippen molar-refractivity contribution in [3.8, 4) is 0 Å². The number of aromatic nitrogens is 2. The fraction of sp³-hybridized carbons (Fsp3) is 0.750. The van der Waals surface area contributed by atoms with Crippen LogP contribution in [0, 0.1) is 5.92 Å². The minimum atomic E-state index is 0.689. The zero-order valence-corrected chi connectivity index (χ0v) is 10.7. The summed E-state index contributed by atoms with van der Waals surface area (Å²) in [4.78, 5) is 2.45. The molecule has 4 nitrogen and oxygen atoms in total. The molecule has 2 N–H and O–H groups in total. The van der Waals surface area contributed by atoms with Gasteiger partial charge in [0.05, 0.1) is 6.20 Å². The summed E-state index contributed by atoms with van der Waals surface area (Å²) < 4.78 is 1.85. The van der Waals surface area contributed by atoms with E-state index >= 15 is 0 Å². The third-order valence-corrected chi connectivity index (χ3v) is 2.47. The van der Waals surface area contributed by atoms with Crippen molar-refractivity contribution in [2.75, 3.05) is 19.6 Å². The van der Waals surface area contributed by atoms with E-state index < -0.39 is 0 Å². The van der Waals surface area contributed by atoms with Gasteiger partial charge in [0.1, 0.15) is 0 Å². The third kappa shape index (κ3) is 4.77. The minimum absolute atomic E-state index is 0.689. The summed E-state index contributed by atoms with van der Waals surface area (Å²) in [5, 5.41) is 4.19. The number of aryl methyl sites for hydroxylation is 1. The van der Waals surface area contributed by atoms with Gasteiger partial charge in [0.15, 0.2) is 0 Å². The van der Waals surface area contributed by atoms with Gasteiger partial charge >= 0.3 is 0 Å². The van der Waals surface area contributed by atoms with E-state index in [4.69, 9.17) is 5.73 Å². The van der Waals surface area contributed by atoms with Gasteiger partial charge in [0.2, 0.25) is 0 Å². The average Bonchev–Trinajstić information content (AvgIpc) is 2.59. The first kappa shape index (κ1) is 13.2. The van der Waals surface area contributed by atoms with Gasteiger partial charge in [-0.15, -0.1) is 0 Å². The van der Waals surface area contributed by atoms with Crippen LogP contribution in [0.3, 0.4) is 0 Å². The summed E-state index contributed by atoms with van der Waals surface area (Å²) in [6.45, 7) is 8.43. The molecule has 1 aromatic rings. The topological polar surface area (TPSA) is 47.1 Å². The van der Waals surface area contributed by atoms with Crippen LogP contribution in [-0.4, -0.2) is 34.3 Å². The summed E-state index contributed by atoms with van der Waals surface area (Å²) in [5.41, 5.74) is 6.84. The molecule has 0 radical (unpaired) electrons. The molecule has 0 aromatic carbocycles. The van der Waals surface area contributed by atoms with Crippen LogP contribution in [0.4, 0.5) is 0 Å². The Bertz CT molecular complexity index is 293. The van der Waals surface area contributed by atoms with Crippen LogP contribution >= 0.6 is 0 Å². The van der Waals surface area contributed by atoms with Crippen LogP contribution in [0.5, 0.6) is 0 Å². The van der Waals surface area contributed by atoms with Crippen LogP contribution in [0.1, 0.15) is 25.8 Å². The molecule has 16 heavy (non-hydrogen) atoms. The molecule has 1 aromatic heterocycles. The highest BCUT2D eigenvalue weighted by Gasteiger charge is 2.08. The second-order valence-electron chi connectivity index (χ2n) is 4.79. The van der Waals surface area contributed by atoms with Gasteiger partial charge in [-0.25, -0.2) is 0 Å². The summed E-state index contributed by atoms with van der Waals surface area (Å²) >= 11 is 0. The molecule has 0 atom stereocenters. The Kier molecular flexibility index (Phi) is 5.49. The Hall–Kier alpha value is -0.870. The van der Waals surface area contributed by atoms with Gasteiger partial charge in [0.25, 0.3) is 0 Å². The Labute approximate surface area is 98.4 Å². The fourth-order valence-electron chi connectivity index (χ4n) is 1.88. The minimum Gasteiger partial charge on any atom is -0.330 e. The Morgan fingerprint density at radius 3 is 2.75 bits per heavy atom. The lowest BCUT2D eigenvalue weighted by Gasteiger charge is -2.23. The molecule has 1 rings (SSSR count). The van der Waals surface area contributed by atoms with Crippen LogP contribution in [0.2, 0.25) is 0 Å². The molecule has 0 unspecified atom stereocenters. The normalized spacial score (nSPS) is 11.6. The van der Waals surface area contributed by atoms with E-state index in [2.05, 4.69) is 30.0 Å². The third-order valence-electron chi connectivity index (χ3n) is 2.47. The predicted octanol–water partition coefficient (Wildman–Crippen LogP) is 1.23. The van der Waals surface area contributed by atoms with E-state index in [0.29, 0.717) is 5.92 Å². The molecule has 1 heterocycles. The molecule has 0 saturated carbocycles. The van der Waals surface area contributed by atoms with E-state index in [9.17, 15) is 0 Å². The van der Waals surface area contributed by atoms with Crippen LogP contribution < -0.4 is 5.73 Å². The van der Waals surface area contributed by atoms with Gasteiger partial charge in [-0.3, -0.25) is 9.58 Å². The van der Waals surface area contributed by atoms with Crippen molar-refractivity contribution in [1.29, 1.82) is 0 Å². The van der Waals surface area contributed by atoms with E-state index in [1.54, 1.807) is 0 Å². The van der Waals surface area contributed by atoms with Crippen LogP contribution in [0.15, 0.2) is 12.4 Å². The van der Waals surface area contributed by atoms with E-state index in [1.165, 1.54) is 5.56 Å². The molecular formula is C12H24N4. The lowest BCUT2D eigenvalue weighted by Crippen LogP contribution is -2.29. The molecule has 0 aliphatic carbocycles. The lowest BCUT2D eigenvalue weighted by molar-refractivity contribution is 0.234. The largest absolute Gasteiger partial charge is 0.330 e. The lowest BCUT2D eigenvalue weighted by atomic mass is 10.2. The van der Waals surface area contributed by atoms with E-state index in [0.717, 1.165) is 32.6 Å². The first-order valence-electron chi connectivity index (χ1n) is 6.01. The summed E-state index contributed by atoms with van der Waals surface area (Å²) in [5.74, 6) is 0.689. The molecule has 0 fully saturated rings. The second kappa shape index (κ2) is 6.66. The molecule has 0 saturated heterocycles. The first-order chi connectivity index (χ1) is 7.61. The monoisotopic (exact) mass is 224 g/mol. The quantitative estimate of drug-likeness (QED) is 0.757. The number of hydrogen-bond donors (Lipinski definition) is 1. The Balaban J connectivity index is 2.48. The SMILES string of the molecule is CC(C)CN(CCCN)Cc1cnn(C)c1. The first-order valence-corrected chi connectivity index (χ1v) is 6.01. The molecule has 0 bridgehead atoms. The number of nitrogens with two attached hydrogens (primary N) is 1. The van der Waals surface area contributed by atoms with Crippen molar-refractivity contribution in [2.24, 2.45) is 18.7 Å². The molecule has 92 valence electrons. The van der Waals surface area contributed by atoms with Gasteiger partial charge in [0, 0.05) is 31.9 Å². The molecule has 0 amide bonds. The van der Waals surface area contributed by atoms with Crippen LogP contribution in [-0.2, 0) is 13.6 Å². The maximum Gasteiger partial charge on any atom is 0.0534 e. The van der Waals surface area contributed by atoms with Crippen molar-refractivity contribution in [3.05, 3.63) is 18.0 Å². The summed E-state index contributed by atoms with van der Waals surface area (Å²) in [6, 6.07) is 0. The summed E-state index contributed by atoms with van der Waals surface area (Å²) in [6.07, 6.45) is 5.08. The van der Waals surface area contributed by atoms with Gasteiger partial charge in [-0.2, -0.15) is 5.10 Å². The van der Waals surface area contributed by atoms with Gasteiger partial charge in [-0.05, 0) is 25.4 Å². The Morgan fingerprint density at radius 1 is 1.50 bits per heavy atom. The maximum atomic E-state index is 5.56. The van der Waals surface area contributed by atoms with E-state index in [-0.39, 0.29) is 0 Å². The smallest absolute Gasteiger partial charge is 0.0534 e. The number of rotatable bonds is 7. The predicted molar refractivity (Wildman–Crippen MR) is 67.0 cm³/mol. The highest BCUT2D eigenvalue weighted by Crippen LogP contribution is 2.07. The number of hydrogen-bond acceptors (Lipinski definition) is 3. The van der Waals surface area contributed by atoms with Gasteiger partial charge in [-0.1, -0.05) is 13.8 Å². The standard InChI is InChI=1S/C12H24N4/c1-11(2)8-16(6-4-5-13)10-12-7-14-15(3)9-12/h7,9,11H,4-6,8,10,13H2,1-3H3. The molecule has 0 aliphatic heterocycles. The average molecular weight is 224 g/mol. The zero-order valence-electron chi connectivity index (χ0n) is 10.7. The van der Waals surface area contributed by atoms with Crippen molar-refractivity contribution in [3.63, 3.8) is 0 Å². The van der Waals surface area contributed by atoms with Crippen molar-refractivity contribution in [2.45, 2.75) is 26.8 Å². The zero-order chi connectivity index (χ0) is 12.0.